The summed E-state index contributed by atoms with van der Waals surface area (Å²) in [5.74, 6) is 0.531. The van der Waals surface area contributed by atoms with Crippen molar-refractivity contribution < 1.29 is 13.2 Å². The van der Waals surface area contributed by atoms with E-state index in [9.17, 15) is 8.42 Å². The predicted octanol–water partition coefficient (Wildman–Crippen LogP) is 1.85. The highest BCUT2D eigenvalue weighted by molar-refractivity contribution is 8.00. The third-order valence-electron chi connectivity index (χ3n) is 3.80. The van der Waals surface area contributed by atoms with Gasteiger partial charge in [0.25, 0.3) is 0 Å². The lowest BCUT2D eigenvalue weighted by Gasteiger charge is -2.28. The first kappa shape index (κ1) is 16.6. The Labute approximate surface area is 130 Å². The molecule has 2 unspecified atom stereocenters. The molecule has 0 radical (unpaired) electrons. The number of thioether (sulfide) groups is 1. The fraction of sp³-hybridized carbons (Fsp3) is 0.571. The van der Waals surface area contributed by atoms with E-state index < -0.39 is 15.6 Å². The van der Waals surface area contributed by atoms with Crippen molar-refractivity contribution in [2.24, 2.45) is 0 Å². The van der Waals surface area contributed by atoms with Crippen LogP contribution in [0.15, 0.2) is 29.2 Å². The van der Waals surface area contributed by atoms with Crippen LogP contribution in [0, 0.1) is 0 Å². The summed E-state index contributed by atoms with van der Waals surface area (Å²) < 4.78 is 32.6. The van der Waals surface area contributed by atoms with Crippen LogP contribution in [-0.4, -0.2) is 38.2 Å². The molecule has 0 aliphatic carbocycles. The number of hydrogen-bond acceptors (Lipinski definition) is 5. The average Bonchev–Trinajstić information content (AvgIpc) is 2.70. The molecule has 2 rings (SSSR count). The van der Waals surface area contributed by atoms with Gasteiger partial charge in [0.1, 0.15) is 0 Å². The van der Waals surface area contributed by atoms with E-state index in [0.29, 0.717) is 24.5 Å². The molecule has 0 amide bonds. The van der Waals surface area contributed by atoms with Crippen molar-refractivity contribution in [1.82, 2.24) is 4.72 Å². The Morgan fingerprint density at radius 3 is 2.81 bits per heavy atom. The summed E-state index contributed by atoms with van der Waals surface area (Å²) in [5, 5.41) is 0. The Kier molecular flexibility index (Phi) is 5.19. The van der Waals surface area contributed by atoms with Gasteiger partial charge in [0.15, 0.2) is 0 Å². The maximum atomic E-state index is 12.2. The van der Waals surface area contributed by atoms with Crippen LogP contribution in [0.3, 0.4) is 0 Å². The first-order valence-corrected chi connectivity index (χ1v) is 9.57. The van der Waals surface area contributed by atoms with Gasteiger partial charge in [-0.3, -0.25) is 0 Å². The van der Waals surface area contributed by atoms with Gasteiger partial charge in [-0.2, -0.15) is 0 Å². The number of rotatable bonds is 6. The summed E-state index contributed by atoms with van der Waals surface area (Å²) in [6.07, 6.45) is 0.594. The maximum absolute atomic E-state index is 12.2. The first-order chi connectivity index (χ1) is 9.82. The standard InChI is InChI=1S/C14H22N2O3S2/c1-11-14(2,7-8-19-11)16-21(17,18)10-9-20-13-6-4-3-5-12(13)15/h3-6,11,16H,7-10,15H2,1-2H3. The molecule has 2 atom stereocenters. The van der Waals surface area contributed by atoms with Gasteiger partial charge in [-0.15, -0.1) is 11.8 Å². The van der Waals surface area contributed by atoms with Crippen LogP contribution in [0.2, 0.25) is 0 Å². The van der Waals surface area contributed by atoms with Crippen molar-refractivity contribution in [2.45, 2.75) is 36.8 Å². The highest BCUT2D eigenvalue weighted by Crippen LogP contribution is 2.27. The fourth-order valence-corrected chi connectivity index (χ4v) is 5.17. The number of nitrogens with one attached hydrogen (secondary N) is 1. The lowest BCUT2D eigenvalue weighted by atomic mass is 9.97. The van der Waals surface area contributed by atoms with Crippen LogP contribution in [0.4, 0.5) is 5.69 Å². The molecule has 1 aromatic carbocycles. The Hall–Kier alpha value is -0.760. The number of hydrogen-bond donors (Lipinski definition) is 2. The van der Waals surface area contributed by atoms with Crippen LogP contribution in [0.25, 0.3) is 0 Å². The summed E-state index contributed by atoms with van der Waals surface area (Å²) in [7, 11) is -3.33. The van der Waals surface area contributed by atoms with Gasteiger partial charge in [-0.05, 0) is 32.4 Å². The highest BCUT2D eigenvalue weighted by Gasteiger charge is 2.39. The number of para-hydroxylation sites is 1. The van der Waals surface area contributed by atoms with Crippen molar-refractivity contribution in [1.29, 1.82) is 0 Å². The zero-order valence-corrected chi connectivity index (χ0v) is 14.0. The minimum absolute atomic E-state index is 0.0638. The molecule has 0 bridgehead atoms. The Morgan fingerprint density at radius 2 is 2.19 bits per heavy atom. The van der Waals surface area contributed by atoms with E-state index in [1.165, 1.54) is 11.8 Å². The van der Waals surface area contributed by atoms with Crippen molar-refractivity contribution in [2.75, 3.05) is 23.8 Å². The van der Waals surface area contributed by atoms with Crippen LogP contribution in [0.5, 0.6) is 0 Å². The van der Waals surface area contributed by atoms with E-state index in [2.05, 4.69) is 4.72 Å². The quantitative estimate of drug-likeness (QED) is 0.614. The van der Waals surface area contributed by atoms with E-state index >= 15 is 0 Å². The van der Waals surface area contributed by atoms with Crippen LogP contribution in [0.1, 0.15) is 20.3 Å². The second-order valence-corrected chi connectivity index (χ2v) is 8.47. The number of ether oxygens (including phenoxy) is 1. The SMILES string of the molecule is CC1OCCC1(C)NS(=O)(=O)CCSc1ccccc1N. The smallest absolute Gasteiger partial charge is 0.213 e. The summed E-state index contributed by atoms with van der Waals surface area (Å²) in [6.45, 7) is 4.38. The average molecular weight is 330 g/mol. The molecular weight excluding hydrogens is 308 g/mol. The molecule has 118 valence electrons. The molecule has 1 aliphatic rings. The number of nitrogen functional groups attached to an aromatic ring is 1. The molecule has 21 heavy (non-hydrogen) atoms. The van der Waals surface area contributed by atoms with E-state index in [-0.39, 0.29) is 11.9 Å². The minimum atomic E-state index is -3.33. The molecule has 1 fully saturated rings. The summed E-state index contributed by atoms with van der Waals surface area (Å²) in [6, 6.07) is 7.46. The lowest BCUT2D eigenvalue weighted by molar-refractivity contribution is 0.0957. The van der Waals surface area contributed by atoms with Crippen LogP contribution in [-0.2, 0) is 14.8 Å². The highest BCUT2D eigenvalue weighted by atomic mass is 32.2. The number of anilines is 1. The molecule has 7 heteroatoms. The van der Waals surface area contributed by atoms with Gasteiger partial charge in [-0.25, -0.2) is 13.1 Å². The van der Waals surface area contributed by atoms with Gasteiger partial charge in [-0.1, -0.05) is 12.1 Å². The zero-order chi connectivity index (χ0) is 15.5. The zero-order valence-electron chi connectivity index (χ0n) is 12.3. The molecule has 0 aromatic heterocycles. The number of sulfonamides is 1. The van der Waals surface area contributed by atoms with E-state index in [4.69, 9.17) is 10.5 Å². The number of nitrogens with two attached hydrogens (primary N) is 1. The van der Waals surface area contributed by atoms with Gasteiger partial charge in [0, 0.05) is 22.9 Å². The Morgan fingerprint density at radius 1 is 1.48 bits per heavy atom. The van der Waals surface area contributed by atoms with Crippen LogP contribution >= 0.6 is 11.8 Å². The summed E-state index contributed by atoms with van der Waals surface area (Å²) in [5.41, 5.74) is 6.01. The van der Waals surface area contributed by atoms with Gasteiger partial charge in [0.2, 0.25) is 10.0 Å². The molecule has 5 nitrogen and oxygen atoms in total. The monoisotopic (exact) mass is 330 g/mol. The third kappa shape index (κ3) is 4.35. The van der Waals surface area contributed by atoms with Crippen molar-refractivity contribution in [3.63, 3.8) is 0 Å². The predicted molar refractivity (Wildman–Crippen MR) is 86.9 cm³/mol. The van der Waals surface area contributed by atoms with E-state index in [1.54, 1.807) is 0 Å². The largest absolute Gasteiger partial charge is 0.398 e. The van der Waals surface area contributed by atoms with E-state index in [1.807, 2.05) is 38.1 Å². The lowest BCUT2D eigenvalue weighted by Crippen LogP contribution is -2.51. The van der Waals surface area contributed by atoms with Gasteiger partial charge in [0.05, 0.1) is 17.4 Å². The molecule has 3 N–H and O–H groups in total. The summed E-state index contributed by atoms with van der Waals surface area (Å²) >= 11 is 1.46. The second-order valence-electron chi connectivity index (χ2n) is 5.49. The third-order valence-corrected chi connectivity index (χ3v) is 6.67. The van der Waals surface area contributed by atoms with Gasteiger partial charge >= 0.3 is 0 Å². The van der Waals surface area contributed by atoms with Crippen LogP contribution < -0.4 is 10.5 Å². The second kappa shape index (κ2) is 6.56. The molecule has 0 saturated carbocycles. The van der Waals surface area contributed by atoms with Crippen molar-refractivity contribution in [3.05, 3.63) is 24.3 Å². The molecule has 0 spiro atoms. The molecule has 1 saturated heterocycles. The molecule has 1 heterocycles. The Bertz CT molecular complexity index is 592. The molecular formula is C14H22N2O3S2. The van der Waals surface area contributed by atoms with Crippen molar-refractivity contribution >= 4 is 27.5 Å². The first-order valence-electron chi connectivity index (χ1n) is 6.93. The minimum Gasteiger partial charge on any atom is -0.398 e. The van der Waals surface area contributed by atoms with Gasteiger partial charge < -0.3 is 10.5 Å². The number of benzene rings is 1. The topological polar surface area (TPSA) is 81.4 Å². The molecule has 1 aromatic rings. The normalized spacial score (nSPS) is 26.1. The Balaban J connectivity index is 1.89. The van der Waals surface area contributed by atoms with Crippen molar-refractivity contribution in [3.8, 4) is 0 Å². The summed E-state index contributed by atoms with van der Waals surface area (Å²) in [4.78, 5) is 0.913. The maximum Gasteiger partial charge on any atom is 0.213 e. The van der Waals surface area contributed by atoms with E-state index in [0.717, 1.165) is 4.90 Å². The molecule has 1 aliphatic heterocycles. The fourth-order valence-electron chi connectivity index (χ4n) is 2.25.